The Balaban J connectivity index is 1.65. The van der Waals surface area contributed by atoms with Crippen molar-refractivity contribution in [2.75, 3.05) is 6.61 Å². The highest BCUT2D eigenvalue weighted by Gasteiger charge is 2.39. The molecule has 7 nitrogen and oxygen atoms in total. The highest BCUT2D eigenvalue weighted by molar-refractivity contribution is 7.09. The first kappa shape index (κ1) is 25.5. The molecular weight excluding hydrogens is 452 g/mol. The van der Waals surface area contributed by atoms with Gasteiger partial charge < -0.3 is 14.9 Å². The van der Waals surface area contributed by atoms with Gasteiger partial charge in [-0.1, -0.05) is 56.2 Å². The molecule has 1 atom stereocenters. The van der Waals surface area contributed by atoms with Crippen LogP contribution in [0, 0.1) is 0 Å². The summed E-state index contributed by atoms with van der Waals surface area (Å²) in [5, 5.41) is 20.5. The van der Waals surface area contributed by atoms with Crippen molar-refractivity contribution in [3.8, 4) is 11.6 Å². The minimum absolute atomic E-state index is 0.266. The number of ether oxygens (including phenoxy) is 1. The van der Waals surface area contributed by atoms with Crippen LogP contribution in [0.25, 0.3) is 0 Å². The fraction of sp³-hybridized carbons (Fsp3) is 0.423. The lowest BCUT2D eigenvalue weighted by atomic mass is 9.94. The fourth-order valence-corrected chi connectivity index (χ4v) is 4.78. The number of aliphatic carboxylic acids is 1. The van der Waals surface area contributed by atoms with Crippen LogP contribution in [0.3, 0.4) is 0 Å². The number of aromatic nitrogens is 2. The van der Waals surface area contributed by atoms with Crippen molar-refractivity contribution >= 4 is 17.3 Å². The van der Waals surface area contributed by atoms with Crippen molar-refractivity contribution < 1.29 is 19.7 Å². The molecule has 2 N–H and O–H groups in total. The highest BCUT2D eigenvalue weighted by atomic mass is 32.1. The van der Waals surface area contributed by atoms with E-state index in [1.54, 1.807) is 0 Å². The summed E-state index contributed by atoms with van der Waals surface area (Å²) in [5.74, 6) is -0.666. The van der Waals surface area contributed by atoms with E-state index in [1.165, 1.54) is 12.5 Å². The molecule has 0 saturated carbocycles. The van der Waals surface area contributed by atoms with Gasteiger partial charge in [0.2, 0.25) is 5.88 Å². The van der Waals surface area contributed by atoms with E-state index < -0.39 is 16.4 Å². The molecule has 1 unspecified atom stereocenters. The maximum atomic E-state index is 12.6. The average molecular weight is 485 g/mol. The number of carbonyl (C=O) groups is 1. The Morgan fingerprint density at radius 3 is 2.44 bits per heavy atom. The van der Waals surface area contributed by atoms with Crippen LogP contribution >= 0.6 is 11.3 Å². The van der Waals surface area contributed by atoms with E-state index in [4.69, 9.17) is 4.74 Å². The molecule has 0 saturated heterocycles. The van der Waals surface area contributed by atoms with Gasteiger partial charge in [0.15, 0.2) is 0 Å². The zero-order chi connectivity index (χ0) is 24.7. The molecule has 3 rings (SSSR count). The van der Waals surface area contributed by atoms with Crippen LogP contribution in [-0.4, -0.2) is 32.3 Å². The molecule has 0 aliphatic rings. The Bertz CT molecular complexity index is 1150. The number of hydrogen-bond acceptors (Lipinski definition) is 6. The van der Waals surface area contributed by atoms with E-state index >= 15 is 0 Å². The lowest BCUT2D eigenvalue weighted by molar-refractivity contribution is -0.147. The van der Waals surface area contributed by atoms with Crippen molar-refractivity contribution in [2.24, 2.45) is 0 Å². The van der Waals surface area contributed by atoms with E-state index in [2.05, 4.69) is 18.0 Å². The normalized spacial score (nSPS) is 12.9. The molecule has 0 spiro atoms. The maximum Gasteiger partial charge on any atom is 0.329 e. The van der Waals surface area contributed by atoms with Gasteiger partial charge in [0, 0.05) is 24.7 Å². The van der Waals surface area contributed by atoms with E-state index in [-0.39, 0.29) is 12.3 Å². The van der Waals surface area contributed by atoms with Gasteiger partial charge in [0.1, 0.15) is 11.3 Å². The van der Waals surface area contributed by atoms with Gasteiger partial charge in [0.05, 0.1) is 11.5 Å². The van der Waals surface area contributed by atoms with Crippen molar-refractivity contribution in [3.05, 3.63) is 74.0 Å². The number of nitrogens with zero attached hydrogens (tertiary/aromatic N) is 2. The molecule has 2 heterocycles. The Morgan fingerprint density at radius 2 is 1.85 bits per heavy atom. The lowest BCUT2D eigenvalue weighted by Crippen LogP contribution is -2.43. The predicted molar refractivity (Wildman–Crippen MR) is 133 cm³/mol. The van der Waals surface area contributed by atoms with Crippen LogP contribution in [-0.2, 0) is 29.6 Å². The summed E-state index contributed by atoms with van der Waals surface area (Å²) in [5.41, 5.74) is 1.60. The number of aryl methyl sites for hydroxylation is 1. The monoisotopic (exact) mass is 484 g/mol. The molecule has 0 aliphatic carbocycles. The van der Waals surface area contributed by atoms with E-state index in [1.807, 2.05) is 43.5 Å². The number of carboxylic acid groups (broad SMARTS) is 1. The molecule has 1 aromatic carbocycles. The molecular formula is C26H32N2O5S. The van der Waals surface area contributed by atoms with Gasteiger partial charge in [-0.2, -0.15) is 0 Å². The van der Waals surface area contributed by atoms with E-state index in [0.717, 1.165) is 45.8 Å². The van der Waals surface area contributed by atoms with E-state index in [9.17, 15) is 19.8 Å². The summed E-state index contributed by atoms with van der Waals surface area (Å²) in [4.78, 5) is 29.0. The Labute approximate surface area is 203 Å². The molecule has 182 valence electrons. The van der Waals surface area contributed by atoms with Crippen molar-refractivity contribution in [2.45, 2.75) is 64.8 Å². The summed E-state index contributed by atoms with van der Waals surface area (Å²) in [6.07, 6.45) is 5.61. The Morgan fingerprint density at radius 1 is 1.15 bits per heavy atom. The van der Waals surface area contributed by atoms with Crippen LogP contribution < -0.4 is 9.61 Å². The maximum absolute atomic E-state index is 12.6. The lowest BCUT2D eigenvalue weighted by Gasteiger charge is -2.26. The average Bonchev–Trinajstić information content (AvgIpc) is 3.11. The second-order valence-electron chi connectivity index (χ2n) is 8.56. The van der Waals surface area contributed by atoms with Crippen LogP contribution in [0.15, 0.2) is 47.4 Å². The third-order valence-electron chi connectivity index (χ3n) is 6.03. The van der Waals surface area contributed by atoms with Crippen LogP contribution in [0.5, 0.6) is 11.6 Å². The summed E-state index contributed by atoms with van der Waals surface area (Å²) in [6, 6.07) is 11.6. The topological polar surface area (TPSA) is 102 Å². The number of benzene rings is 1. The molecule has 0 radical (unpaired) electrons. The van der Waals surface area contributed by atoms with Gasteiger partial charge in [-0.3, -0.25) is 14.3 Å². The summed E-state index contributed by atoms with van der Waals surface area (Å²) in [7, 11) is 0. The number of pyridine rings is 1. The minimum atomic E-state index is -1.48. The third kappa shape index (κ3) is 5.86. The zero-order valence-corrected chi connectivity index (χ0v) is 20.7. The standard InChI is InChI=1S/C26H32N2O5S/c1-4-6-14-26(3,24(30)31)28-23(29)22(34-25(28)32)16-19-8-11-21(12-9-19)33-15-13-20-10-7-18(5-2)17-27-20/h7-12,17,29H,4-6,13-16H2,1-3H3,(H,30,31). The van der Waals surface area contributed by atoms with Crippen LogP contribution in [0.2, 0.25) is 0 Å². The summed E-state index contributed by atoms with van der Waals surface area (Å²) < 4.78 is 6.85. The third-order valence-corrected chi connectivity index (χ3v) is 6.97. The SMILES string of the molecule is CCCCC(C)(C(=O)O)n1c(O)c(Cc2ccc(OCCc3ccc(CC)cn3)cc2)sc1=O. The van der Waals surface area contributed by atoms with Gasteiger partial charge >= 0.3 is 10.8 Å². The second kappa shape index (κ2) is 11.3. The summed E-state index contributed by atoms with van der Waals surface area (Å²) in [6.45, 7) is 6.05. The number of rotatable bonds is 12. The predicted octanol–water partition coefficient (Wildman–Crippen LogP) is 4.78. The van der Waals surface area contributed by atoms with E-state index in [0.29, 0.717) is 30.7 Å². The molecule has 2 aromatic heterocycles. The largest absolute Gasteiger partial charge is 0.494 e. The minimum Gasteiger partial charge on any atom is -0.494 e. The fourth-order valence-electron chi connectivity index (χ4n) is 3.77. The molecule has 0 amide bonds. The smallest absolute Gasteiger partial charge is 0.329 e. The second-order valence-corrected chi connectivity index (χ2v) is 9.61. The molecule has 3 aromatic rings. The molecule has 0 bridgehead atoms. The van der Waals surface area contributed by atoms with Crippen molar-refractivity contribution in [3.63, 3.8) is 0 Å². The molecule has 0 aliphatic heterocycles. The first-order chi connectivity index (χ1) is 16.3. The molecule has 0 fully saturated rings. The van der Waals surface area contributed by atoms with Gasteiger partial charge in [-0.05, 0) is 49.1 Å². The summed E-state index contributed by atoms with van der Waals surface area (Å²) >= 11 is 0.888. The van der Waals surface area contributed by atoms with Crippen molar-refractivity contribution in [1.29, 1.82) is 0 Å². The van der Waals surface area contributed by atoms with Gasteiger partial charge in [-0.15, -0.1) is 0 Å². The number of thiazole rings is 1. The highest BCUT2D eigenvalue weighted by Crippen LogP contribution is 2.32. The number of carboxylic acids is 1. The number of aromatic hydroxyl groups is 1. The Kier molecular flexibility index (Phi) is 8.50. The zero-order valence-electron chi connectivity index (χ0n) is 19.9. The van der Waals surface area contributed by atoms with Crippen molar-refractivity contribution in [1.82, 2.24) is 9.55 Å². The van der Waals surface area contributed by atoms with Crippen LogP contribution in [0.4, 0.5) is 0 Å². The molecule has 34 heavy (non-hydrogen) atoms. The van der Waals surface area contributed by atoms with Gasteiger partial charge in [0.25, 0.3) is 0 Å². The number of hydrogen-bond donors (Lipinski definition) is 2. The van der Waals surface area contributed by atoms with Gasteiger partial charge in [-0.25, -0.2) is 4.79 Å². The molecule has 8 heteroatoms. The first-order valence-electron chi connectivity index (χ1n) is 11.6. The Hall–Kier alpha value is -3.13. The first-order valence-corrected chi connectivity index (χ1v) is 12.4. The quantitative estimate of drug-likeness (QED) is 0.384. The van der Waals surface area contributed by atoms with Crippen LogP contribution in [0.1, 0.15) is 61.7 Å². The number of unbranched alkanes of at least 4 members (excludes halogenated alkanes) is 1.